The van der Waals surface area contributed by atoms with Gasteiger partial charge in [0.05, 0.1) is 6.26 Å². The van der Waals surface area contributed by atoms with E-state index in [9.17, 15) is 9.35 Å². The van der Waals surface area contributed by atoms with Gasteiger partial charge < -0.3 is 14.6 Å². The van der Waals surface area contributed by atoms with Gasteiger partial charge in [-0.25, -0.2) is 0 Å². The van der Waals surface area contributed by atoms with Gasteiger partial charge in [-0.3, -0.25) is 4.79 Å². The van der Waals surface area contributed by atoms with Crippen LogP contribution in [0, 0.1) is 0 Å². The first-order chi connectivity index (χ1) is 8.65. The normalized spacial score (nSPS) is 21.7. The van der Waals surface area contributed by atoms with E-state index < -0.39 is 11.2 Å². The summed E-state index contributed by atoms with van der Waals surface area (Å²) in [6.45, 7) is 0. The number of hydrogen-bond donors (Lipinski definition) is 1. The zero-order chi connectivity index (χ0) is 13.0. The number of carbonyl (C=O) groups excluding carboxylic acids is 1. The van der Waals surface area contributed by atoms with Crippen LogP contribution in [0.4, 0.5) is 0 Å². The maximum Gasteiger partial charge on any atom is 0.254 e. The number of para-hydroxylation sites is 1. The van der Waals surface area contributed by atoms with E-state index in [4.69, 9.17) is 4.74 Å². The van der Waals surface area contributed by atoms with E-state index in [0.29, 0.717) is 12.8 Å². The maximum absolute atomic E-state index is 11.6. The number of hydrogen-bond acceptors (Lipinski definition) is 3. The van der Waals surface area contributed by atoms with Gasteiger partial charge in [-0.05, 0) is 29.7 Å². The molecule has 1 aliphatic rings. The molecule has 0 saturated carbocycles. The molecule has 1 aromatic carbocycles. The highest BCUT2D eigenvalue weighted by Crippen LogP contribution is 2.19. The van der Waals surface area contributed by atoms with Crippen LogP contribution in [0.2, 0.25) is 0 Å². The average Bonchev–Trinajstić information content (AvgIpc) is 2.32. The topological polar surface area (TPSA) is 61.4 Å². The zero-order valence-corrected chi connectivity index (χ0v) is 11.1. The van der Waals surface area contributed by atoms with Gasteiger partial charge in [0.25, 0.3) is 5.44 Å². The highest BCUT2D eigenvalue weighted by molar-refractivity contribution is 7.91. The van der Waals surface area contributed by atoms with Crippen molar-refractivity contribution in [3.05, 3.63) is 30.3 Å². The van der Waals surface area contributed by atoms with E-state index in [1.807, 2.05) is 30.3 Å². The zero-order valence-electron chi connectivity index (χ0n) is 10.3. The quantitative estimate of drug-likeness (QED) is 0.626. The van der Waals surface area contributed by atoms with Gasteiger partial charge in [0.15, 0.2) is 0 Å². The second kappa shape index (κ2) is 6.11. The van der Waals surface area contributed by atoms with Crippen molar-refractivity contribution < 1.29 is 14.1 Å². The smallest absolute Gasteiger partial charge is 0.254 e. The minimum atomic E-state index is -1.04. The van der Waals surface area contributed by atoms with Crippen molar-refractivity contribution in [1.29, 1.82) is 0 Å². The van der Waals surface area contributed by atoms with Gasteiger partial charge in [-0.1, -0.05) is 18.2 Å². The van der Waals surface area contributed by atoms with Crippen LogP contribution in [0.15, 0.2) is 30.3 Å². The summed E-state index contributed by atoms with van der Waals surface area (Å²) in [6, 6.07) is 9.61. The van der Waals surface area contributed by atoms with Crippen molar-refractivity contribution in [2.24, 2.45) is 0 Å². The fraction of sp³-hybridized carbons (Fsp3) is 0.462. The predicted molar refractivity (Wildman–Crippen MR) is 70.7 cm³/mol. The van der Waals surface area contributed by atoms with Crippen molar-refractivity contribution in [1.82, 2.24) is 5.32 Å². The molecule has 0 radical (unpaired) electrons. The van der Waals surface area contributed by atoms with E-state index in [1.165, 1.54) is 0 Å². The molecule has 1 aliphatic heterocycles. The lowest BCUT2D eigenvalue weighted by atomic mass is 10.0. The van der Waals surface area contributed by atoms with Gasteiger partial charge in [-0.15, -0.1) is 0 Å². The van der Waals surface area contributed by atoms with Crippen molar-refractivity contribution in [3.63, 3.8) is 0 Å². The fourth-order valence-corrected chi connectivity index (χ4v) is 2.60. The first-order valence-corrected chi connectivity index (χ1v) is 7.60. The van der Waals surface area contributed by atoms with Crippen LogP contribution in [-0.4, -0.2) is 28.2 Å². The third kappa shape index (κ3) is 3.65. The molecule has 1 N–H and O–H groups in total. The van der Waals surface area contributed by atoms with Crippen LogP contribution >= 0.6 is 0 Å². The maximum atomic E-state index is 11.6. The highest BCUT2D eigenvalue weighted by Gasteiger charge is 2.28. The number of rotatable bonds is 6. The van der Waals surface area contributed by atoms with Crippen LogP contribution in [0.3, 0.4) is 0 Å². The van der Waals surface area contributed by atoms with E-state index in [-0.39, 0.29) is 17.4 Å². The Morgan fingerprint density at radius 2 is 2.17 bits per heavy atom. The van der Waals surface area contributed by atoms with Gasteiger partial charge in [0.2, 0.25) is 5.91 Å². The van der Waals surface area contributed by atoms with E-state index in [0.717, 1.165) is 12.2 Å². The second-order valence-corrected chi connectivity index (χ2v) is 5.93. The van der Waals surface area contributed by atoms with Crippen LogP contribution < -0.4 is 10.1 Å². The first kappa shape index (κ1) is 13.2. The Kier molecular flexibility index (Phi) is 4.49. The lowest BCUT2D eigenvalue weighted by Gasteiger charge is -2.28. The lowest BCUT2D eigenvalue weighted by Crippen LogP contribution is -2.48. The molecule has 1 amide bonds. The molecule has 0 aromatic heterocycles. The number of amides is 1. The Bertz CT molecular complexity index is 388. The van der Waals surface area contributed by atoms with Gasteiger partial charge in [0, 0.05) is 18.9 Å². The third-order valence-corrected chi connectivity index (χ3v) is 4.00. The molecule has 1 fully saturated rings. The second-order valence-electron chi connectivity index (χ2n) is 4.40. The summed E-state index contributed by atoms with van der Waals surface area (Å²) in [5.41, 5.74) is -0.315. The van der Waals surface area contributed by atoms with Crippen molar-refractivity contribution in [2.75, 3.05) is 6.26 Å². The number of ether oxygens (including phenoxy) is 1. The fourth-order valence-electron chi connectivity index (χ4n) is 1.89. The summed E-state index contributed by atoms with van der Waals surface area (Å²) >= 11 is -1.04. The predicted octanol–water partition coefficient (Wildman–Crippen LogP) is 1.44. The molecule has 18 heavy (non-hydrogen) atoms. The Hall–Kier alpha value is -1.20. The van der Waals surface area contributed by atoms with Crippen LogP contribution in [0.25, 0.3) is 0 Å². The standard InChI is InChI=1S/C13H17NO3S/c1-18(16)13(8-7-10-9-12(15)14-10)17-11-5-3-2-4-6-11/h2-6,10,13H,7-9H2,1H3,(H,14,15). The minimum Gasteiger partial charge on any atom is -0.614 e. The van der Waals surface area contributed by atoms with Crippen molar-refractivity contribution in [3.8, 4) is 5.75 Å². The number of carbonyl (C=O) groups is 1. The van der Waals surface area contributed by atoms with Gasteiger partial charge in [0.1, 0.15) is 5.75 Å². The summed E-state index contributed by atoms with van der Waals surface area (Å²) in [5.74, 6) is 0.827. The Balaban J connectivity index is 1.82. The molecule has 3 unspecified atom stereocenters. The summed E-state index contributed by atoms with van der Waals surface area (Å²) in [4.78, 5) is 10.8. The lowest BCUT2D eigenvalue weighted by molar-refractivity contribution is -0.128. The van der Waals surface area contributed by atoms with E-state index in [2.05, 4.69) is 5.32 Å². The number of benzene rings is 1. The molecule has 4 nitrogen and oxygen atoms in total. The largest absolute Gasteiger partial charge is 0.614 e. The molecule has 0 bridgehead atoms. The summed E-state index contributed by atoms with van der Waals surface area (Å²) in [7, 11) is 0. The van der Waals surface area contributed by atoms with Crippen LogP contribution in [-0.2, 0) is 16.0 Å². The monoisotopic (exact) mass is 267 g/mol. The van der Waals surface area contributed by atoms with Crippen LogP contribution in [0.5, 0.6) is 5.75 Å². The Morgan fingerprint density at radius 1 is 1.50 bits per heavy atom. The van der Waals surface area contributed by atoms with Gasteiger partial charge >= 0.3 is 0 Å². The first-order valence-electron chi connectivity index (χ1n) is 5.98. The Labute approximate surface area is 110 Å². The molecule has 1 heterocycles. The van der Waals surface area contributed by atoms with Crippen molar-refractivity contribution in [2.45, 2.75) is 30.7 Å². The molecular weight excluding hydrogens is 250 g/mol. The molecule has 3 atom stereocenters. The molecule has 0 spiro atoms. The summed E-state index contributed by atoms with van der Waals surface area (Å²) < 4.78 is 17.3. The van der Waals surface area contributed by atoms with Crippen LogP contribution in [0.1, 0.15) is 19.3 Å². The Morgan fingerprint density at radius 3 is 2.72 bits per heavy atom. The summed E-state index contributed by atoms with van der Waals surface area (Å²) in [5, 5.41) is 2.81. The number of β-lactam (4-membered cyclic amide) rings is 1. The summed E-state index contributed by atoms with van der Waals surface area (Å²) in [6.07, 6.45) is 3.72. The highest BCUT2D eigenvalue weighted by atomic mass is 32.2. The van der Waals surface area contributed by atoms with E-state index >= 15 is 0 Å². The molecule has 0 aliphatic carbocycles. The molecule has 2 rings (SSSR count). The van der Waals surface area contributed by atoms with Gasteiger partial charge in [-0.2, -0.15) is 0 Å². The SMILES string of the molecule is C[S+]([O-])C(CCC1CC(=O)N1)Oc1ccccc1. The number of nitrogens with one attached hydrogen (secondary N) is 1. The minimum absolute atomic E-state index is 0.0955. The molecule has 1 aromatic rings. The third-order valence-electron chi connectivity index (χ3n) is 2.93. The molecule has 98 valence electrons. The molecule has 5 heteroatoms. The average molecular weight is 267 g/mol. The van der Waals surface area contributed by atoms with E-state index in [1.54, 1.807) is 6.26 Å². The molecular formula is C13H17NO3S. The molecule has 1 saturated heterocycles. The van der Waals surface area contributed by atoms with Crippen molar-refractivity contribution >= 4 is 17.1 Å².